The molecule has 0 saturated carbocycles. The molecule has 1 heterocycles. The number of thiophene rings is 1. The Morgan fingerprint density at radius 2 is 1.95 bits per heavy atom. The van der Waals surface area contributed by atoms with Crippen molar-refractivity contribution in [3.8, 4) is 0 Å². The lowest BCUT2D eigenvalue weighted by molar-refractivity contribution is 0.0697. The molecule has 0 radical (unpaired) electrons. The van der Waals surface area contributed by atoms with Gasteiger partial charge in [0.15, 0.2) is 0 Å². The number of halogens is 3. The predicted octanol–water partition coefficient (Wildman–Crippen LogP) is 4.43. The normalized spacial score (nSPS) is 11.4. The zero-order valence-corrected chi connectivity index (χ0v) is 15.5. The second kappa shape index (κ2) is 6.25. The highest BCUT2D eigenvalue weighted by atomic mass is 79.9. The van der Waals surface area contributed by atoms with Gasteiger partial charge in [-0.2, -0.15) is 0 Å². The fraction of sp³-hybridized carbons (Fsp3) is 0. The van der Waals surface area contributed by atoms with E-state index in [0.29, 0.717) is 13.3 Å². The molecule has 2 N–H and O–H groups in total. The summed E-state index contributed by atoms with van der Waals surface area (Å²) < 4.78 is 27.7. The molecular weight excluding hydrogens is 470 g/mol. The van der Waals surface area contributed by atoms with E-state index in [4.69, 9.17) is 16.7 Å². The SMILES string of the molecule is O=C(O)c1ccc(NS(=O)(=O)c2cc(Cl)c(Br)s2)c(Br)c1. The summed E-state index contributed by atoms with van der Waals surface area (Å²) in [6, 6.07) is 5.33. The number of rotatable bonds is 4. The molecule has 0 aliphatic rings. The van der Waals surface area contributed by atoms with Gasteiger partial charge in [-0.1, -0.05) is 11.6 Å². The van der Waals surface area contributed by atoms with Gasteiger partial charge < -0.3 is 5.11 Å². The lowest BCUT2D eigenvalue weighted by Crippen LogP contribution is -2.12. The van der Waals surface area contributed by atoms with Crippen LogP contribution in [-0.2, 0) is 10.0 Å². The lowest BCUT2D eigenvalue weighted by Gasteiger charge is -2.08. The number of carboxylic acids is 1. The second-order valence-electron chi connectivity index (χ2n) is 3.79. The highest BCUT2D eigenvalue weighted by Gasteiger charge is 2.20. The molecule has 0 atom stereocenters. The first kappa shape index (κ1) is 16.8. The zero-order chi connectivity index (χ0) is 15.8. The van der Waals surface area contributed by atoms with Gasteiger partial charge in [0.05, 0.1) is 20.1 Å². The third-order valence-corrected chi connectivity index (χ3v) is 7.32. The Morgan fingerprint density at radius 3 is 2.43 bits per heavy atom. The number of nitrogens with one attached hydrogen (secondary N) is 1. The van der Waals surface area contributed by atoms with Crippen molar-refractivity contribution < 1.29 is 18.3 Å². The Hall–Kier alpha value is -0.610. The van der Waals surface area contributed by atoms with Crippen LogP contribution in [0.5, 0.6) is 0 Å². The van der Waals surface area contributed by atoms with E-state index in [2.05, 4.69) is 36.6 Å². The van der Waals surface area contributed by atoms with Gasteiger partial charge in [-0.15, -0.1) is 11.3 Å². The predicted molar refractivity (Wildman–Crippen MR) is 88.9 cm³/mol. The molecule has 1 aromatic heterocycles. The van der Waals surface area contributed by atoms with E-state index in [1.54, 1.807) is 0 Å². The molecule has 0 spiro atoms. The summed E-state index contributed by atoms with van der Waals surface area (Å²) in [4.78, 5) is 10.8. The lowest BCUT2D eigenvalue weighted by atomic mass is 10.2. The van der Waals surface area contributed by atoms with E-state index < -0.39 is 16.0 Å². The molecule has 0 aliphatic carbocycles. The first-order chi connectivity index (χ1) is 9.70. The first-order valence-electron chi connectivity index (χ1n) is 5.21. The Balaban J connectivity index is 2.35. The van der Waals surface area contributed by atoms with Crippen LogP contribution in [0.25, 0.3) is 0 Å². The fourth-order valence-corrected chi connectivity index (χ4v) is 5.47. The van der Waals surface area contributed by atoms with E-state index in [1.165, 1.54) is 24.3 Å². The minimum atomic E-state index is -3.79. The van der Waals surface area contributed by atoms with E-state index in [0.717, 1.165) is 11.3 Å². The number of anilines is 1. The highest BCUT2D eigenvalue weighted by Crippen LogP contribution is 2.36. The second-order valence-corrected chi connectivity index (χ2v) is 9.33. The van der Waals surface area contributed by atoms with Crippen molar-refractivity contribution in [3.05, 3.63) is 43.1 Å². The van der Waals surface area contributed by atoms with Crippen molar-refractivity contribution in [3.63, 3.8) is 0 Å². The molecule has 0 unspecified atom stereocenters. The molecule has 0 fully saturated rings. The van der Waals surface area contributed by atoms with Gasteiger partial charge >= 0.3 is 5.97 Å². The van der Waals surface area contributed by atoms with Crippen LogP contribution in [0.1, 0.15) is 10.4 Å². The van der Waals surface area contributed by atoms with Crippen molar-refractivity contribution in [2.75, 3.05) is 4.72 Å². The minimum absolute atomic E-state index is 0.0479. The maximum atomic E-state index is 12.2. The molecule has 0 bridgehead atoms. The van der Waals surface area contributed by atoms with Crippen LogP contribution in [0.4, 0.5) is 5.69 Å². The molecule has 10 heteroatoms. The first-order valence-corrected chi connectivity index (χ1v) is 9.47. The maximum Gasteiger partial charge on any atom is 0.335 e. The van der Waals surface area contributed by atoms with Crippen LogP contribution in [0.3, 0.4) is 0 Å². The van der Waals surface area contributed by atoms with Crippen LogP contribution in [0.15, 0.2) is 36.7 Å². The summed E-state index contributed by atoms with van der Waals surface area (Å²) in [7, 11) is -3.79. The van der Waals surface area contributed by atoms with Gasteiger partial charge in [0.25, 0.3) is 10.0 Å². The maximum absolute atomic E-state index is 12.2. The zero-order valence-electron chi connectivity index (χ0n) is 9.93. The van der Waals surface area contributed by atoms with Crippen LogP contribution < -0.4 is 4.72 Å². The average Bonchev–Trinajstić information content (AvgIpc) is 2.72. The fourth-order valence-electron chi connectivity index (χ4n) is 1.39. The number of sulfonamides is 1. The Labute approximate surface area is 146 Å². The number of carboxylic acid groups (broad SMARTS) is 1. The Kier molecular flexibility index (Phi) is 4.99. The molecule has 1 aromatic carbocycles. The van der Waals surface area contributed by atoms with Crippen molar-refractivity contribution in [2.45, 2.75) is 4.21 Å². The largest absolute Gasteiger partial charge is 0.478 e. The van der Waals surface area contributed by atoms with Gasteiger partial charge in [-0.3, -0.25) is 4.72 Å². The third kappa shape index (κ3) is 3.78. The van der Waals surface area contributed by atoms with E-state index in [1.807, 2.05) is 0 Å². The number of aromatic carboxylic acids is 1. The van der Waals surface area contributed by atoms with Gasteiger partial charge in [-0.05, 0) is 56.1 Å². The topological polar surface area (TPSA) is 83.5 Å². The molecule has 112 valence electrons. The van der Waals surface area contributed by atoms with Gasteiger partial charge in [0.2, 0.25) is 0 Å². The number of hydrogen-bond donors (Lipinski definition) is 2. The van der Waals surface area contributed by atoms with Crippen LogP contribution >= 0.6 is 54.8 Å². The number of hydrogen-bond acceptors (Lipinski definition) is 4. The molecule has 0 saturated heterocycles. The molecular formula is C11H6Br2ClNO4S2. The molecule has 21 heavy (non-hydrogen) atoms. The monoisotopic (exact) mass is 473 g/mol. The van der Waals surface area contributed by atoms with E-state index in [9.17, 15) is 13.2 Å². The summed E-state index contributed by atoms with van der Waals surface area (Å²) in [5.41, 5.74) is 0.285. The van der Waals surface area contributed by atoms with Crippen molar-refractivity contribution in [1.82, 2.24) is 0 Å². The summed E-state index contributed by atoms with van der Waals surface area (Å²) >= 11 is 13.1. The summed E-state index contributed by atoms with van der Waals surface area (Å²) in [5, 5.41) is 9.17. The molecule has 0 amide bonds. The average molecular weight is 476 g/mol. The molecule has 5 nitrogen and oxygen atoms in total. The van der Waals surface area contributed by atoms with E-state index in [-0.39, 0.29) is 15.5 Å². The van der Waals surface area contributed by atoms with Crippen molar-refractivity contribution in [2.24, 2.45) is 0 Å². The standard InChI is InChI=1S/C11H6Br2ClNO4S2/c12-6-3-5(11(16)17)1-2-8(6)15-21(18,19)9-4-7(14)10(13)20-9/h1-4,15H,(H,16,17). The smallest absolute Gasteiger partial charge is 0.335 e. The third-order valence-electron chi connectivity index (χ3n) is 2.35. The summed E-state index contributed by atoms with van der Waals surface area (Å²) in [5.74, 6) is -1.10. The van der Waals surface area contributed by atoms with Crippen molar-refractivity contribution >= 4 is 76.5 Å². The Bertz CT molecular complexity index is 800. The molecule has 0 aliphatic heterocycles. The van der Waals surface area contributed by atoms with E-state index >= 15 is 0 Å². The number of benzene rings is 1. The number of carbonyl (C=O) groups is 1. The Morgan fingerprint density at radius 1 is 1.29 bits per heavy atom. The summed E-state index contributed by atoms with van der Waals surface area (Å²) in [6.45, 7) is 0. The van der Waals surface area contributed by atoms with Crippen LogP contribution in [0.2, 0.25) is 5.02 Å². The van der Waals surface area contributed by atoms with Crippen molar-refractivity contribution in [1.29, 1.82) is 0 Å². The van der Waals surface area contributed by atoms with Gasteiger partial charge in [0, 0.05) is 4.47 Å². The van der Waals surface area contributed by atoms with Crippen LogP contribution in [0, 0.1) is 0 Å². The highest BCUT2D eigenvalue weighted by molar-refractivity contribution is 9.11. The quantitative estimate of drug-likeness (QED) is 0.686. The van der Waals surface area contributed by atoms with Crippen LogP contribution in [-0.4, -0.2) is 19.5 Å². The molecule has 2 rings (SSSR count). The minimum Gasteiger partial charge on any atom is -0.478 e. The van der Waals surface area contributed by atoms with Gasteiger partial charge in [0.1, 0.15) is 4.21 Å². The summed E-state index contributed by atoms with van der Waals surface area (Å²) in [6.07, 6.45) is 0. The van der Waals surface area contributed by atoms with Gasteiger partial charge in [-0.25, -0.2) is 13.2 Å². The molecule has 2 aromatic rings.